The van der Waals surface area contributed by atoms with Gasteiger partial charge < -0.3 is 19.9 Å². The molecule has 120 valence electrons. The fourth-order valence-corrected chi connectivity index (χ4v) is 2.95. The molecule has 0 saturated carbocycles. The third-order valence-corrected chi connectivity index (χ3v) is 4.06. The Morgan fingerprint density at radius 3 is 2.26 bits per heavy atom. The molecule has 7 heteroatoms. The second-order valence-electron chi connectivity index (χ2n) is 5.40. The predicted octanol–water partition coefficient (Wildman–Crippen LogP) is 1.07. The number of ether oxygens (including phenoxy) is 2. The number of rotatable bonds is 4. The van der Waals surface area contributed by atoms with E-state index in [0.29, 0.717) is 11.3 Å². The highest BCUT2D eigenvalue weighted by atomic mass is 16.5. The van der Waals surface area contributed by atoms with Crippen LogP contribution in [0.2, 0.25) is 0 Å². The first kappa shape index (κ1) is 15.2. The van der Waals surface area contributed by atoms with Crippen LogP contribution >= 0.6 is 0 Å². The Bertz CT molecular complexity index is 680. The summed E-state index contributed by atoms with van der Waals surface area (Å²) in [6, 6.07) is 6.16. The van der Waals surface area contributed by atoms with Gasteiger partial charge in [-0.2, -0.15) is 0 Å². The lowest BCUT2D eigenvalue weighted by atomic mass is 9.82. The van der Waals surface area contributed by atoms with E-state index in [4.69, 9.17) is 4.74 Å². The number of hydrogen-bond donors (Lipinski definition) is 2. The molecule has 3 rings (SSSR count). The smallest absolute Gasteiger partial charge is 0.337 e. The Morgan fingerprint density at radius 1 is 1.09 bits per heavy atom. The lowest BCUT2D eigenvalue weighted by Crippen LogP contribution is -2.39. The van der Waals surface area contributed by atoms with Gasteiger partial charge in [0.05, 0.1) is 30.8 Å². The first-order valence-corrected chi connectivity index (χ1v) is 7.07. The maximum Gasteiger partial charge on any atom is 0.337 e. The van der Waals surface area contributed by atoms with E-state index in [1.165, 1.54) is 19.2 Å². The first-order chi connectivity index (χ1) is 11.0. The molecule has 0 aliphatic carbocycles. The minimum Gasteiger partial charge on any atom is -0.481 e. The molecule has 2 heterocycles. The van der Waals surface area contributed by atoms with Gasteiger partial charge in [0.15, 0.2) is 0 Å². The number of carboxylic acid groups (broad SMARTS) is 1. The van der Waals surface area contributed by atoms with Crippen LogP contribution in [0.1, 0.15) is 10.4 Å². The third-order valence-electron chi connectivity index (χ3n) is 4.06. The molecule has 4 atom stereocenters. The molecule has 0 radical (unpaired) electrons. The second-order valence-corrected chi connectivity index (χ2v) is 5.40. The maximum atomic E-state index is 12.4. The Morgan fingerprint density at radius 2 is 1.70 bits per heavy atom. The van der Waals surface area contributed by atoms with Gasteiger partial charge in [0.25, 0.3) is 0 Å². The molecule has 23 heavy (non-hydrogen) atoms. The number of esters is 1. The van der Waals surface area contributed by atoms with E-state index in [1.54, 1.807) is 24.3 Å². The van der Waals surface area contributed by atoms with Crippen LogP contribution in [-0.4, -0.2) is 42.3 Å². The van der Waals surface area contributed by atoms with Crippen molar-refractivity contribution in [1.29, 1.82) is 0 Å². The topological polar surface area (TPSA) is 102 Å². The summed E-state index contributed by atoms with van der Waals surface area (Å²) >= 11 is 0. The van der Waals surface area contributed by atoms with Crippen molar-refractivity contribution in [3.05, 3.63) is 42.0 Å². The van der Waals surface area contributed by atoms with Crippen molar-refractivity contribution in [3.63, 3.8) is 0 Å². The molecular formula is C16H15NO6. The van der Waals surface area contributed by atoms with Gasteiger partial charge >= 0.3 is 11.9 Å². The Labute approximate surface area is 131 Å². The molecule has 1 amide bonds. The predicted molar refractivity (Wildman–Crippen MR) is 78.8 cm³/mol. The van der Waals surface area contributed by atoms with Crippen LogP contribution in [0.5, 0.6) is 0 Å². The maximum absolute atomic E-state index is 12.4. The zero-order chi connectivity index (χ0) is 16.6. The van der Waals surface area contributed by atoms with Gasteiger partial charge in [-0.3, -0.25) is 9.59 Å². The van der Waals surface area contributed by atoms with Crippen LogP contribution in [0.25, 0.3) is 0 Å². The first-order valence-electron chi connectivity index (χ1n) is 7.07. The van der Waals surface area contributed by atoms with E-state index in [2.05, 4.69) is 10.1 Å². The lowest BCUT2D eigenvalue weighted by molar-refractivity contribution is -0.145. The summed E-state index contributed by atoms with van der Waals surface area (Å²) in [5.74, 6) is -3.61. The van der Waals surface area contributed by atoms with Gasteiger partial charge in [-0.25, -0.2) is 4.79 Å². The van der Waals surface area contributed by atoms with E-state index in [1.807, 2.05) is 0 Å². The highest BCUT2D eigenvalue weighted by Crippen LogP contribution is 2.39. The van der Waals surface area contributed by atoms with Crippen molar-refractivity contribution in [1.82, 2.24) is 0 Å². The number of aliphatic carboxylic acids is 1. The van der Waals surface area contributed by atoms with Crippen LogP contribution in [0.4, 0.5) is 5.69 Å². The van der Waals surface area contributed by atoms with Crippen molar-refractivity contribution in [3.8, 4) is 0 Å². The molecule has 0 aromatic heterocycles. The molecule has 0 spiro atoms. The number of anilines is 1. The third kappa shape index (κ3) is 2.70. The monoisotopic (exact) mass is 317 g/mol. The highest BCUT2D eigenvalue weighted by Gasteiger charge is 2.53. The van der Waals surface area contributed by atoms with Crippen molar-refractivity contribution < 1.29 is 29.0 Å². The number of benzene rings is 1. The number of fused-ring (bicyclic) bond motifs is 2. The standard InChI is InChI=1S/C16H15NO6/c1-22-16(21)8-2-4-9(5-3-8)17-14(18)12-10-6-7-11(23-10)13(12)15(19)20/h2-7,10-13H,1H3,(H,17,18)(H,19,20)/t10-,11-,12+,13-/m0/s1. The molecule has 2 aliphatic heterocycles. The van der Waals surface area contributed by atoms with E-state index in [0.717, 1.165) is 0 Å². The summed E-state index contributed by atoms with van der Waals surface area (Å²) in [7, 11) is 1.28. The largest absolute Gasteiger partial charge is 0.481 e. The molecule has 1 fully saturated rings. The summed E-state index contributed by atoms with van der Waals surface area (Å²) in [6.45, 7) is 0. The zero-order valence-electron chi connectivity index (χ0n) is 12.3. The van der Waals surface area contributed by atoms with E-state index in [-0.39, 0.29) is 0 Å². The normalized spacial score (nSPS) is 27.7. The van der Waals surface area contributed by atoms with E-state index in [9.17, 15) is 19.5 Å². The number of methoxy groups -OCH3 is 1. The van der Waals surface area contributed by atoms with Crippen LogP contribution in [0.15, 0.2) is 36.4 Å². The Balaban J connectivity index is 1.73. The Kier molecular flexibility index (Phi) is 3.87. The summed E-state index contributed by atoms with van der Waals surface area (Å²) in [5, 5.41) is 12.0. The van der Waals surface area contributed by atoms with Gasteiger partial charge in [0.2, 0.25) is 5.91 Å². The van der Waals surface area contributed by atoms with Gasteiger partial charge in [-0.1, -0.05) is 12.2 Å². The second kappa shape index (κ2) is 5.85. The number of amides is 1. The van der Waals surface area contributed by atoms with Crippen LogP contribution in [0.3, 0.4) is 0 Å². The molecular weight excluding hydrogens is 302 g/mol. The summed E-state index contributed by atoms with van der Waals surface area (Å²) in [4.78, 5) is 35.1. The molecule has 7 nitrogen and oxygen atoms in total. The van der Waals surface area contributed by atoms with Gasteiger partial charge in [-0.05, 0) is 24.3 Å². The Hall–Kier alpha value is -2.67. The number of carbonyl (C=O) groups is 3. The minimum absolute atomic E-state index is 0.361. The lowest BCUT2D eigenvalue weighted by Gasteiger charge is -2.21. The van der Waals surface area contributed by atoms with Gasteiger partial charge in [0.1, 0.15) is 5.92 Å². The fraction of sp³-hybridized carbons (Fsp3) is 0.312. The number of carbonyl (C=O) groups excluding carboxylic acids is 2. The van der Waals surface area contributed by atoms with E-state index < -0.39 is 41.9 Å². The van der Waals surface area contributed by atoms with Gasteiger partial charge in [-0.15, -0.1) is 0 Å². The SMILES string of the molecule is COC(=O)c1ccc(NC(=O)[C@H]2[C@@H](C(=O)O)[C@@H]3C=C[C@@H]2O3)cc1. The van der Waals surface area contributed by atoms with Gasteiger partial charge in [0, 0.05) is 5.69 Å². The van der Waals surface area contributed by atoms with E-state index >= 15 is 0 Å². The number of carboxylic acids is 1. The average Bonchev–Trinajstić information content (AvgIpc) is 3.15. The molecule has 2 N–H and O–H groups in total. The molecule has 2 aliphatic rings. The van der Waals surface area contributed by atoms with Crippen molar-refractivity contribution in [2.24, 2.45) is 11.8 Å². The molecule has 1 aromatic rings. The number of nitrogens with one attached hydrogen (secondary N) is 1. The number of hydrogen-bond acceptors (Lipinski definition) is 5. The highest BCUT2D eigenvalue weighted by molar-refractivity contribution is 5.97. The molecule has 0 unspecified atom stereocenters. The van der Waals surface area contributed by atoms with Crippen LogP contribution in [0, 0.1) is 11.8 Å². The average molecular weight is 317 g/mol. The summed E-state index contributed by atoms with van der Waals surface area (Å²) in [6.07, 6.45) is 2.32. The quantitative estimate of drug-likeness (QED) is 0.636. The fourth-order valence-electron chi connectivity index (χ4n) is 2.95. The van der Waals surface area contributed by atoms with Crippen molar-refractivity contribution >= 4 is 23.5 Å². The minimum atomic E-state index is -1.05. The summed E-state index contributed by atoms with van der Waals surface area (Å²) < 4.78 is 10.1. The molecule has 1 saturated heterocycles. The van der Waals surface area contributed by atoms with Crippen LogP contribution in [-0.2, 0) is 19.1 Å². The van der Waals surface area contributed by atoms with Crippen molar-refractivity contribution in [2.75, 3.05) is 12.4 Å². The zero-order valence-corrected chi connectivity index (χ0v) is 12.3. The molecule has 1 aromatic carbocycles. The summed E-state index contributed by atoms with van der Waals surface area (Å²) in [5.41, 5.74) is 0.832. The van der Waals surface area contributed by atoms with Crippen LogP contribution < -0.4 is 5.32 Å². The van der Waals surface area contributed by atoms with Crippen molar-refractivity contribution in [2.45, 2.75) is 12.2 Å². The molecule has 2 bridgehead atoms.